The first-order valence-corrected chi connectivity index (χ1v) is 7.42. The fourth-order valence-electron chi connectivity index (χ4n) is 3.89. The highest BCUT2D eigenvalue weighted by atomic mass is 14.9. The van der Waals surface area contributed by atoms with Gasteiger partial charge in [-0.05, 0) is 55.9 Å². The largest absolute Gasteiger partial charge is 0.314 e. The molecule has 0 aromatic rings. The number of nitrogens with one attached hydrogen (secondary N) is 1. The van der Waals surface area contributed by atoms with E-state index in [-0.39, 0.29) is 0 Å². The third-order valence-electron chi connectivity index (χ3n) is 4.91. The molecule has 4 atom stereocenters. The molecule has 0 aromatic heterocycles. The monoisotopic (exact) mass is 223 g/mol. The minimum absolute atomic E-state index is 0.647. The highest BCUT2D eigenvalue weighted by molar-refractivity contribution is 4.90. The van der Waals surface area contributed by atoms with E-state index >= 15 is 0 Å². The molecule has 0 heterocycles. The van der Waals surface area contributed by atoms with Crippen LogP contribution in [0.2, 0.25) is 0 Å². The molecule has 0 aromatic carbocycles. The molecule has 2 aliphatic carbocycles. The molecule has 2 aliphatic rings. The summed E-state index contributed by atoms with van der Waals surface area (Å²) in [4.78, 5) is 0. The minimum Gasteiger partial charge on any atom is -0.314 e. The summed E-state index contributed by atoms with van der Waals surface area (Å²) < 4.78 is 0. The SMILES string of the molecule is CCC(CNC(C)C)CC1CC2CCC1C2. The van der Waals surface area contributed by atoms with Crippen LogP contribution < -0.4 is 5.32 Å². The van der Waals surface area contributed by atoms with Crippen molar-refractivity contribution < 1.29 is 0 Å². The Morgan fingerprint density at radius 3 is 2.50 bits per heavy atom. The summed E-state index contributed by atoms with van der Waals surface area (Å²) >= 11 is 0. The van der Waals surface area contributed by atoms with Gasteiger partial charge in [-0.3, -0.25) is 0 Å². The lowest BCUT2D eigenvalue weighted by Crippen LogP contribution is -2.30. The van der Waals surface area contributed by atoms with Crippen molar-refractivity contribution in [1.29, 1.82) is 0 Å². The second kappa shape index (κ2) is 5.53. The lowest BCUT2D eigenvalue weighted by Gasteiger charge is -2.26. The molecular weight excluding hydrogens is 194 g/mol. The van der Waals surface area contributed by atoms with Crippen molar-refractivity contribution in [3.05, 3.63) is 0 Å². The molecule has 1 heteroatoms. The second-order valence-electron chi connectivity index (χ2n) is 6.51. The van der Waals surface area contributed by atoms with Crippen molar-refractivity contribution in [1.82, 2.24) is 5.32 Å². The van der Waals surface area contributed by atoms with Crippen LogP contribution in [0.3, 0.4) is 0 Å². The van der Waals surface area contributed by atoms with Gasteiger partial charge in [0, 0.05) is 6.04 Å². The maximum absolute atomic E-state index is 3.61. The normalized spacial score (nSPS) is 34.9. The molecule has 2 saturated carbocycles. The Bertz CT molecular complexity index is 211. The van der Waals surface area contributed by atoms with Crippen LogP contribution in [-0.4, -0.2) is 12.6 Å². The van der Waals surface area contributed by atoms with Crippen molar-refractivity contribution in [2.45, 2.75) is 65.3 Å². The Morgan fingerprint density at radius 1 is 1.19 bits per heavy atom. The standard InChI is InChI=1S/C15H29N/c1-4-12(10-16-11(2)3)7-15-9-13-5-6-14(15)8-13/h11-16H,4-10H2,1-3H3. The molecule has 0 saturated heterocycles. The van der Waals surface area contributed by atoms with Gasteiger partial charge < -0.3 is 5.32 Å². The summed E-state index contributed by atoms with van der Waals surface area (Å²) in [6.07, 6.45) is 9.07. The summed E-state index contributed by atoms with van der Waals surface area (Å²) in [5.74, 6) is 4.23. The van der Waals surface area contributed by atoms with E-state index in [2.05, 4.69) is 26.1 Å². The molecule has 1 N–H and O–H groups in total. The van der Waals surface area contributed by atoms with E-state index in [0.29, 0.717) is 6.04 Å². The van der Waals surface area contributed by atoms with Crippen LogP contribution in [0.15, 0.2) is 0 Å². The number of hydrogen-bond acceptors (Lipinski definition) is 1. The van der Waals surface area contributed by atoms with Crippen molar-refractivity contribution in [2.24, 2.45) is 23.7 Å². The average Bonchev–Trinajstić information content (AvgIpc) is 2.85. The second-order valence-corrected chi connectivity index (χ2v) is 6.51. The Labute approximate surface area is 101 Å². The summed E-state index contributed by atoms with van der Waals surface area (Å²) in [5, 5.41) is 3.61. The molecule has 4 unspecified atom stereocenters. The van der Waals surface area contributed by atoms with Crippen molar-refractivity contribution >= 4 is 0 Å². The van der Waals surface area contributed by atoms with Gasteiger partial charge in [-0.2, -0.15) is 0 Å². The highest BCUT2D eigenvalue weighted by Gasteiger charge is 2.39. The fourth-order valence-corrected chi connectivity index (χ4v) is 3.89. The number of rotatable bonds is 6. The van der Waals surface area contributed by atoms with Gasteiger partial charge in [-0.15, -0.1) is 0 Å². The molecular formula is C15H29N. The van der Waals surface area contributed by atoms with Crippen LogP contribution >= 0.6 is 0 Å². The Morgan fingerprint density at radius 2 is 2.00 bits per heavy atom. The molecule has 0 radical (unpaired) electrons. The predicted molar refractivity (Wildman–Crippen MR) is 70.5 cm³/mol. The Kier molecular flexibility index (Phi) is 4.29. The van der Waals surface area contributed by atoms with Crippen LogP contribution in [0.25, 0.3) is 0 Å². The Balaban J connectivity index is 1.74. The summed E-state index contributed by atoms with van der Waals surface area (Å²) in [6.45, 7) is 8.11. The minimum atomic E-state index is 0.647. The van der Waals surface area contributed by atoms with Crippen LogP contribution in [0.1, 0.15) is 59.3 Å². The van der Waals surface area contributed by atoms with Gasteiger partial charge in [-0.1, -0.05) is 33.6 Å². The van der Waals surface area contributed by atoms with E-state index in [4.69, 9.17) is 0 Å². The van der Waals surface area contributed by atoms with Crippen molar-refractivity contribution in [2.75, 3.05) is 6.54 Å². The number of hydrogen-bond donors (Lipinski definition) is 1. The van der Waals surface area contributed by atoms with Gasteiger partial charge in [0.05, 0.1) is 0 Å². The van der Waals surface area contributed by atoms with Gasteiger partial charge in [0.1, 0.15) is 0 Å². The van der Waals surface area contributed by atoms with Crippen LogP contribution in [0.4, 0.5) is 0 Å². The van der Waals surface area contributed by atoms with Crippen LogP contribution in [0, 0.1) is 23.7 Å². The summed E-state index contributed by atoms with van der Waals surface area (Å²) in [5.41, 5.74) is 0. The molecule has 2 rings (SSSR count). The first-order valence-electron chi connectivity index (χ1n) is 7.42. The van der Waals surface area contributed by atoms with E-state index in [0.717, 1.165) is 23.7 Å². The molecule has 1 nitrogen and oxygen atoms in total. The Hall–Kier alpha value is -0.0400. The van der Waals surface area contributed by atoms with Gasteiger partial charge in [0.25, 0.3) is 0 Å². The van der Waals surface area contributed by atoms with E-state index in [1.807, 2.05) is 0 Å². The quantitative estimate of drug-likeness (QED) is 0.721. The average molecular weight is 223 g/mol. The van der Waals surface area contributed by atoms with Gasteiger partial charge in [0.2, 0.25) is 0 Å². The molecule has 0 amide bonds. The highest BCUT2D eigenvalue weighted by Crippen LogP contribution is 2.50. The fraction of sp³-hybridized carbons (Fsp3) is 1.00. The van der Waals surface area contributed by atoms with Crippen LogP contribution in [0.5, 0.6) is 0 Å². The van der Waals surface area contributed by atoms with Gasteiger partial charge in [0.15, 0.2) is 0 Å². The van der Waals surface area contributed by atoms with Crippen LogP contribution in [-0.2, 0) is 0 Å². The molecule has 94 valence electrons. The predicted octanol–water partition coefficient (Wildman–Crippen LogP) is 3.84. The van der Waals surface area contributed by atoms with Gasteiger partial charge in [-0.25, -0.2) is 0 Å². The molecule has 0 aliphatic heterocycles. The third kappa shape index (κ3) is 3.00. The van der Waals surface area contributed by atoms with E-state index in [9.17, 15) is 0 Å². The molecule has 0 spiro atoms. The zero-order chi connectivity index (χ0) is 11.5. The van der Waals surface area contributed by atoms with E-state index < -0.39 is 0 Å². The maximum Gasteiger partial charge on any atom is 0.00104 e. The summed E-state index contributed by atoms with van der Waals surface area (Å²) in [6, 6.07) is 0.647. The zero-order valence-electron chi connectivity index (χ0n) is 11.3. The lowest BCUT2D eigenvalue weighted by molar-refractivity contribution is 0.256. The molecule has 16 heavy (non-hydrogen) atoms. The lowest BCUT2D eigenvalue weighted by atomic mass is 9.81. The van der Waals surface area contributed by atoms with Gasteiger partial charge >= 0.3 is 0 Å². The number of fused-ring (bicyclic) bond motifs is 2. The smallest absolute Gasteiger partial charge is 0.00104 e. The topological polar surface area (TPSA) is 12.0 Å². The third-order valence-corrected chi connectivity index (χ3v) is 4.91. The van der Waals surface area contributed by atoms with E-state index in [1.165, 1.54) is 19.4 Å². The first kappa shape index (κ1) is 12.4. The summed E-state index contributed by atoms with van der Waals surface area (Å²) in [7, 11) is 0. The zero-order valence-corrected chi connectivity index (χ0v) is 11.3. The molecule has 2 bridgehead atoms. The molecule has 2 fully saturated rings. The van der Waals surface area contributed by atoms with E-state index in [1.54, 1.807) is 25.7 Å². The van der Waals surface area contributed by atoms with Crippen molar-refractivity contribution in [3.8, 4) is 0 Å². The maximum atomic E-state index is 3.61. The van der Waals surface area contributed by atoms with Crippen molar-refractivity contribution in [3.63, 3.8) is 0 Å². The first-order chi connectivity index (χ1) is 7.69.